The van der Waals surface area contributed by atoms with E-state index < -0.39 is 32.5 Å². The topological polar surface area (TPSA) is 119 Å². The molecule has 0 aromatic rings. The van der Waals surface area contributed by atoms with Gasteiger partial charge in [-0.15, -0.1) is 0 Å². The Labute approximate surface area is 302 Å². The molecular formula is C40H79O8P. The predicted molar refractivity (Wildman–Crippen MR) is 202 cm³/mol. The van der Waals surface area contributed by atoms with Crippen molar-refractivity contribution in [1.82, 2.24) is 0 Å². The number of hydrogen-bond acceptors (Lipinski definition) is 6. The van der Waals surface area contributed by atoms with Gasteiger partial charge in [-0.1, -0.05) is 188 Å². The summed E-state index contributed by atoms with van der Waals surface area (Å²) in [5.41, 5.74) is 0. The molecule has 9 heteroatoms. The SMILES string of the molecule is CCC(C)CCCCCCCCCCCCC(=O)O[C@H](COC(=O)CCCCCCCCCCCCCCCCC(C)C)COP(=O)(O)O. The smallest absolute Gasteiger partial charge is 0.462 e. The first-order chi connectivity index (χ1) is 23.5. The second-order valence-electron chi connectivity index (χ2n) is 15.1. The third-order valence-electron chi connectivity index (χ3n) is 9.59. The highest BCUT2D eigenvalue weighted by molar-refractivity contribution is 7.46. The van der Waals surface area contributed by atoms with Crippen LogP contribution in [-0.4, -0.2) is 41.0 Å². The fraction of sp³-hybridized carbons (Fsp3) is 0.950. The van der Waals surface area contributed by atoms with Gasteiger partial charge in [0.25, 0.3) is 0 Å². The van der Waals surface area contributed by atoms with Crippen molar-refractivity contribution >= 4 is 19.8 Å². The van der Waals surface area contributed by atoms with Crippen LogP contribution >= 0.6 is 7.82 Å². The Morgan fingerprint density at radius 1 is 0.531 bits per heavy atom. The molecule has 8 nitrogen and oxygen atoms in total. The molecule has 2 N–H and O–H groups in total. The van der Waals surface area contributed by atoms with Crippen molar-refractivity contribution in [2.45, 2.75) is 220 Å². The molecule has 0 aliphatic heterocycles. The lowest BCUT2D eigenvalue weighted by molar-refractivity contribution is -0.161. The van der Waals surface area contributed by atoms with Crippen LogP contribution in [0.1, 0.15) is 214 Å². The number of ether oxygens (including phenoxy) is 2. The Kier molecular flexibility index (Phi) is 33.5. The zero-order valence-electron chi connectivity index (χ0n) is 32.4. The minimum atomic E-state index is -4.74. The zero-order chi connectivity index (χ0) is 36.4. The van der Waals surface area contributed by atoms with Gasteiger partial charge in [-0.25, -0.2) is 4.57 Å². The number of phosphoric ester groups is 1. The van der Waals surface area contributed by atoms with Gasteiger partial charge >= 0.3 is 19.8 Å². The minimum absolute atomic E-state index is 0.217. The van der Waals surface area contributed by atoms with Crippen LogP contribution in [-0.2, 0) is 28.2 Å². The maximum atomic E-state index is 12.4. The maximum absolute atomic E-state index is 12.4. The van der Waals surface area contributed by atoms with E-state index >= 15 is 0 Å². The van der Waals surface area contributed by atoms with Crippen LogP contribution in [0.4, 0.5) is 0 Å². The fourth-order valence-electron chi connectivity index (χ4n) is 6.12. The molecule has 0 aromatic heterocycles. The van der Waals surface area contributed by atoms with E-state index in [1.165, 1.54) is 128 Å². The van der Waals surface area contributed by atoms with Crippen LogP contribution in [0.3, 0.4) is 0 Å². The number of rotatable bonds is 37. The summed E-state index contributed by atoms with van der Waals surface area (Å²) >= 11 is 0. The van der Waals surface area contributed by atoms with E-state index in [1.807, 2.05) is 0 Å². The molecule has 1 unspecified atom stereocenters. The van der Waals surface area contributed by atoms with E-state index in [-0.39, 0.29) is 19.4 Å². The van der Waals surface area contributed by atoms with Gasteiger partial charge in [0.05, 0.1) is 6.61 Å². The van der Waals surface area contributed by atoms with E-state index in [0.717, 1.165) is 50.4 Å². The largest absolute Gasteiger partial charge is 0.469 e. The number of hydrogen-bond donors (Lipinski definition) is 2. The highest BCUT2D eigenvalue weighted by atomic mass is 31.2. The summed E-state index contributed by atoms with van der Waals surface area (Å²) in [6.07, 6.45) is 32.5. The Hall–Kier alpha value is -0.950. The minimum Gasteiger partial charge on any atom is -0.462 e. The number of carbonyl (C=O) groups excluding carboxylic acids is 2. The third kappa shape index (κ3) is 38.1. The van der Waals surface area contributed by atoms with Gasteiger partial charge in [-0.3, -0.25) is 14.1 Å². The van der Waals surface area contributed by atoms with Gasteiger partial charge in [0.15, 0.2) is 6.10 Å². The van der Waals surface area contributed by atoms with Crippen LogP contribution in [0.5, 0.6) is 0 Å². The summed E-state index contributed by atoms with van der Waals surface area (Å²) in [6, 6.07) is 0. The molecule has 0 amide bonds. The number of phosphoric acid groups is 1. The van der Waals surface area contributed by atoms with Crippen molar-refractivity contribution in [2.24, 2.45) is 11.8 Å². The summed E-state index contributed by atoms with van der Waals surface area (Å²) in [6.45, 7) is 8.39. The molecule has 0 bridgehead atoms. The van der Waals surface area contributed by atoms with Crippen molar-refractivity contribution < 1.29 is 37.9 Å². The highest BCUT2D eigenvalue weighted by Crippen LogP contribution is 2.36. The van der Waals surface area contributed by atoms with Gasteiger partial charge < -0.3 is 19.3 Å². The summed E-state index contributed by atoms with van der Waals surface area (Å²) in [5.74, 6) is 0.810. The van der Waals surface area contributed by atoms with Gasteiger partial charge in [-0.2, -0.15) is 0 Å². The predicted octanol–water partition coefficient (Wildman–Crippen LogP) is 12.2. The summed E-state index contributed by atoms with van der Waals surface area (Å²) in [7, 11) is -4.74. The third-order valence-corrected chi connectivity index (χ3v) is 10.1. The number of esters is 2. The van der Waals surface area contributed by atoms with Crippen LogP contribution in [0, 0.1) is 11.8 Å². The zero-order valence-corrected chi connectivity index (χ0v) is 33.3. The monoisotopic (exact) mass is 719 g/mol. The van der Waals surface area contributed by atoms with Crippen LogP contribution in [0.25, 0.3) is 0 Å². The normalized spacial score (nSPS) is 13.1. The number of carbonyl (C=O) groups is 2. The maximum Gasteiger partial charge on any atom is 0.469 e. The lowest BCUT2D eigenvalue weighted by Crippen LogP contribution is -2.29. The summed E-state index contributed by atoms with van der Waals surface area (Å²) < 4.78 is 26.4. The average Bonchev–Trinajstić information content (AvgIpc) is 3.05. The average molecular weight is 719 g/mol. The summed E-state index contributed by atoms with van der Waals surface area (Å²) in [4.78, 5) is 42.8. The van der Waals surface area contributed by atoms with Gasteiger partial charge in [-0.05, 0) is 24.7 Å². The van der Waals surface area contributed by atoms with Crippen LogP contribution in [0.2, 0.25) is 0 Å². The molecule has 0 saturated carbocycles. The molecular weight excluding hydrogens is 639 g/mol. The quantitative estimate of drug-likeness (QED) is 0.0370. The van der Waals surface area contributed by atoms with Crippen molar-refractivity contribution in [3.8, 4) is 0 Å². The Morgan fingerprint density at radius 2 is 0.898 bits per heavy atom. The molecule has 49 heavy (non-hydrogen) atoms. The van der Waals surface area contributed by atoms with Crippen molar-refractivity contribution in [2.75, 3.05) is 13.2 Å². The van der Waals surface area contributed by atoms with E-state index in [4.69, 9.17) is 19.3 Å². The molecule has 0 radical (unpaired) electrons. The van der Waals surface area contributed by atoms with Crippen molar-refractivity contribution in [3.63, 3.8) is 0 Å². The molecule has 0 aliphatic carbocycles. The molecule has 0 heterocycles. The van der Waals surface area contributed by atoms with E-state index in [0.29, 0.717) is 6.42 Å². The Balaban J connectivity index is 3.88. The van der Waals surface area contributed by atoms with Crippen LogP contribution in [0.15, 0.2) is 0 Å². The highest BCUT2D eigenvalue weighted by Gasteiger charge is 2.23. The molecule has 0 saturated heterocycles. The van der Waals surface area contributed by atoms with E-state index in [9.17, 15) is 14.2 Å². The molecule has 2 atom stereocenters. The molecule has 0 aliphatic rings. The standard InChI is InChI=1S/C40H79O8P/c1-5-37(4)31-27-23-19-15-12-13-17-21-25-29-33-40(42)48-38(35-47-49(43,44)45)34-46-39(41)32-28-24-20-16-11-9-7-6-8-10-14-18-22-26-30-36(2)3/h36-38H,5-35H2,1-4H3,(H2,43,44,45)/t37?,38-/m1/s1. The summed E-state index contributed by atoms with van der Waals surface area (Å²) in [5, 5.41) is 0. The second-order valence-corrected chi connectivity index (χ2v) is 16.3. The first-order valence-electron chi connectivity index (χ1n) is 20.6. The lowest BCUT2D eigenvalue weighted by atomic mass is 9.99. The molecule has 0 rings (SSSR count). The van der Waals surface area contributed by atoms with E-state index in [2.05, 4.69) is 32.2 Å². The first-order valence-corrected chi connectivity index (χ1v) is 22.1. The Morgan fingerprint density at radius 3 is 1.29 bits per heavy atom. The molecule has 292 valence electrons. The number of unbranched alkanes of at least 4 members (excludes halogenated alkanes) is 22. The van der Waals surface area contributed by atoms with Gasteiger partial charge in [0.1, 0.15) is 6.61 Å². The van der Waals surface area contributed by atoms with Gasteiger partial charge in [0, 0.05) is 12.8 Å². The van der Waals surface area contributed by atoms with Crippen LogP contribution < -0.4 is 0 Å². The van der Waals surface area contributed by atoms with Crippen molar-refractivity contribution in [3.05, 3.63) is 0 Å². The van der Waals surface area contributed by atoms with Crippen molar-refractivity contribution in [1.29, 1.82) is 0 Å². The molecule has 0 fully saturated rings. The van der Waals surface area contributed by atoms with Gasteiger partial charge in [0.2, 0.25) is 0 Å². The second kappa shape index (κ2) is 34.2. The Bertz CT molecular complexity index is 799. The molecule has 0 aromatic carbocycles. The van der Waals surface area contributed by atoms with E-state index in [1.54, 1.807) is 0 Å². The fourth-order valence-corrected chi connectivity index (χ4v) is 6.48. The molecule has 0 spiro atoms. The first kappa shape index (κ1) is 48.0. The lowest BCUT2D eigenvalue weighted by Gasteiger charge is -2.18.